The Bertz CT molecular complexity index is 589. The van der Waals surface area contributed by atoms with Crippen LogP contribution in [0.1, 0.15) is 21.6 Å². The second-order valence-electron chi connectivity index (χ2n) is 3.78. The number of carbonyl (C=O) groups is 1. The molecule has 0 radical (unpaired) electrons. The lowest BCUT2D eigenvalue weighted by Gasteiger charge is -2.03. The lowest BCUT2D eigenvalue weighted by atomic mass is 10.0. The van der Waals surface area contributed by atoms with Crippen molar-refractivity contribution in [3.8, 4) is 0 Å². The molecule has 1 aromatic heterocycles. The molecule has 2 rings (SSSR count). The second kappa shape index (κ2) is 4.33. The Morgan fingerprint density at radius 2 is 2.06 bits per heavy atom. The van der Waals surface area contributed by atoms with Gasteiger partial charge in [0.1, 0.15) is 5.82 Å². The number of rotatable bonds is 2. The van der Waals surface area contributed by atoms with Crippen molar-refractivity contribution < 1.29 is 4.79 Å². The zero-order chi connectivity index (χ0) is 12.6. The molecule has 0 amide bonds. The number of hydrogen-bond donors (Lipinski definition) is 1. The molecule has 0 atom stereocenters. The van der Waals surface area contributed by atoms with Gasteiger partial charge in [-0.25, -0.2) is 0 Å². The Hall–Kier alpha value is -1.62. The summed E-state index contributed by atoms with van der Waals surface area (Å²) in [6.45, 7) is 1.78. The van der Waals surface area contributed by atoms with Crippen LogP contribution >= 0.6 is 15.9 Å². The maximum absolute atomic E-state index is 12.4. The normalized spacial score (nSPS) is 10.5. The fourth-order valence-corrected chi connectivity index (χ4v) is 2.20. The molecule has 0 aliphatic heterocycles. The molecule has 2 aromatic rings. The summed E-state index contributed by atoms with van der Waals surface area (Å²) >= 11 is 3.36. The molecule has 0 bridgehead atoms. The molecule has 2 N–H and O–H groups in total. The minimum absolute atomic E-state index is 0.111. The first-order valence-electron chi connectivity index (χ1n) is 5.10. The average Bonchev–Trinajstić information content (AvgIpc) is 2.53. The zero-order valence-corrected chi connectivity index (χ0v) is 11.2. The van der Waals surface area contributed by atoms with Crippen LogP contribution in [0.15, 0.2) is 28.7 Å². The van der Waals surface area contributed by atoms with E-state index in [1.165, 1.54) is 4.68 Å². The highest BCUT2D eigenvalue weighted by Gasteiger charge is 2.21. The van der Waals surface area contributed by atoms with Crippen LogP contribution in [0, 0.1) is 6.92 Å². The summed E-state index contributed by atoms with van der Waals surface area (Å²) in [4.78, 5) is 12.4. The van der Waals surface area contributed by atoms with Gasteiger partial charge in [0.2, 0.25) is 0 Å². The molecule has 4 nitrogen and oxygen atoms in total. The smallest absolute Gasteiger partial charge is 0.199 e. The van der Waals surface area contributed by atoms with Crippen LogP contribution in [0.3, 0.4) is 0 Å². The van der Waals surface area contributed by atoms with Gasteiger partial charge >= 0.3 is 0 Å². The van der Waals surface area contributed by atoms with Crippen LogP contribution in [-0.4, -0.2) is 15.6 Å². The third-order valence-corrected chi connectivity index (χ3v) is 3.30. The summed E-state index contributed by atoms with van der Waals surface area (Å²) in [6.07, 6.45) is 0. The molecule has 0 saturated heterocycles. The van der Waals surface area contributed by atoms with Gasteiger partial charge in [-0.2, -0.15) is 5.10 Å². The molecule has 1 heterocycles. The van der Waals surface area contributed by atoms with Crippen molar-refractivity contribution >= 4 is 27.5 Å². The molecule has 0 aliphatic rings. The predicted molar refractivity (Wildman–Crippen MR) is 69.9 cm³/mol. The first-order valence-corrected chi connectivity index (χ1v) is 5.90. The quantitative estimate of drug-likeness (QED) is 0.865. The second-order valence-corrected chi connectivity index (χ2v) is 4.63. The average molecular weight is 294 g/mol. The van der Waals surface area contributed by atoms with Crippen LogP contribution in [0.2, 0.25) is 0 Å². The minimum Gasteiger partial charge on any atom is -0.383 e. The maximum Gasteiger partial charge on any atom is 0.199 e. The van der Waals surface area contributed by atoms with E-state index in [9.17, 15) is 4.79 Å². The van der Waals surface area contributed by atoms with Crippen molar-refractivity contribution in [1.82, 2.24) is 9.78 Å². The van der Waals surface area contributed by atoms with Gasteiger partial charge < -0.3 is 5.73 Å². The van der Waals surface area contributed by atoms with Crippen LogP contribution in [0.5, 0.6) is 0 Å². The fraction of sp³-hybridized carbons (Fsp3) is 0.167. The van der Waals surface area contributed by atoms with Crippen molar-refractivity contribution in [2.45, 2.75) is 6.92 Å². The molecular weight excluding hydrogens is 282 g/mol. The Kier molecular flexibility index (Phi) is 3.02. The molecule has 0 fully saturated rings. The molecule has 0 aliphatic carbocycles. The van der Waals surface area contributed by atoms with E-state index >= 15 is 0 Å². The number of aromatic nitrogens is 2. The number of hydrogen-bond acceptors (Lipinski definition) is 3. The minimum atomic E-state index is -0.111. The van der Waals surface area contributed by atoms with Crippen LogP contribution in [0.25, 0.3) is 0 Å². The van der Waals surface area contributed by atoms with E-state index < -0.39 is 0 Å². The van der Waals surface area contributed by atoms with E-state index in [1.54, 1.807) is 20.0 Å². The summed E-state index contributed by atoms with van der Waals surface area (Å²) in [7, 11) is 1.72. The van der Waals surface area contributed by atoms with Crippen LogP contribution in [0.4, 0.5) is 5.82 Å². The molecule has 0 unspecified atom stereocenters. The van der Waals surface area contributed by atoms with Gasteiger partial charge in [-0.1, -0.05) is 28.1 Å². The van der Waals surface area contributed by atoms with Gasteiger partial charge in [0.25, 0.3) is 0 Å². The number of nitrogen functional groups attached to an aromatic ring is 1. The van der Waals surface area contributed by atoms with E-state index in [0.717, 1.165) is 4.47 Å². The number of carbonyl (C=O) groups excluding carboxylic acids is 1. The van der Waals surface area contributed by atoms with Gasteiger partial charge in [0, 0.05) is 17.1 Å². The van der Waals surface area contributed by atoms with Gasteiger partial charge in [-0.05, 0) is 19.1 Å². The van der Waals surface area contributed by atoms with E-state index in [2.05, 4.69) is 21.0 Å². The molecule has 17 heavy (non-hydrogen) atoms. The van der Waals surface area contributed by atoms with Crippen molar-refractivity contribution in [2.24, 2.45) is 7.05 Å². The van der Waals surface area contributed by atoms with Crippen LogP contribution in [-0.2, 0) is 7.05 Å². The number of nitrogens with zero attached hydrogens (tertiary/aromatic N) is 2. The highest BCUT2D eigenvalue weighted by molar-refractivity contribution is 9.10. The standard InChI is InChI=1S/C12H12BrN3O/c1-7-10(12(14)16(2)15-7)11(17)8-5-3-4-6-9(8)13/h3-6H,14H2,1-2H3. The number of benzene rings is 1. The number of nitrogens with two attached hydrogens (primary N) is 1. The Morgan fingerprint density at radius 3 is 2.59 bits per heavy atom. The summed E-state index contributed by atoms with van der Waals surface area (Å²) in [6, 6.07) is 7.27. The summed E-state index contributed by atoms with van der Waals surface area (Å²) in [5.41, 5.74) is 7.56. The van der Waals surface area contributed by atoms with Crippen molar-refractivity contribution in [3.05, 3.63) is 45.6 Å². The predicted octanol–water partition coefficient (Wildman–Crippen LogP) is 2.30. The van der Waals surface area contributed by atoms with Crippen molar-refractivity contribution in [2.75, 3.05) is 5.73 Å². The molecule has 5 heteroatoms. The third kappa shape index (κ3) is 1.98. The molecule has 0 saturated carbocycles. The van der Waals surface area contributed by atoms with Gasteiger partial charge in [-0.3, -0.25) is 9.48 Å². The van der Waals surface area contributed by atoms with Crippen molar-refractivity contribution in [1.29, 1.82) is 0 Å². The highest BCUT2D eigenvalue weighted by Crippen LogP contribution is 2.24. The lowest BCUT2D eigenvalue weighted by molar-refractivity contribution is 0.103. The van der Waals surface area contributed by atoms with Crippen molar-refractivity contribution in [3.63, 3.8) is 0 Å². The lowest BCUT2D eigenvalue weighted by Crippen LogP contribution is -2.07. The Morgan fingerprint density at radius 1 is 1.41 bits per heavy atom. The topological polar surface area (TPSA) is 60.9 Å². The molecule has 0 spiro atoms. The van der Waals surface area contributed by atoms with Gasteiger partial charge in [0.05, 0.1) is 11.3 Å². The maximum atomic E-state index is 12.4. The number of anilines is 1. The largest absolute Gasteiger partial charge is 0.383 e. The van der Waals surface area contributed by atoms with E-state index in [0.29, 0.717) is 22.6 Å². The number of aryl methyl sites for hydroxylation is 2. The monoisotopic (exact) mass is 293 g/mol. The van der Waals surface area contributed by atoms with Gasteiger partial charge in [0.15, 0.2) is 5.78 Å². The Balaban J connectivity index is 2.55. The molecular formula is C12H12BrN3O. The van der Waals surface area contributed by atoms with E-state index in [-0.39, 0.29) is 5.78 Å². The molecule has 88 valence electrons. The zero-order valence-electron chi connectivity index (χ0n) is 9.57. The SMILES string of the molecule is Cc1nn(C)c(N)c1C(=O)c1ccccc1Br. The van der Waals surface area contributed by atoms with E-state index in [1.807, 2.05) is 18.2 Å². The summed E-state index contributed by atoms with van der Waals surface area (Å²) < 4.78 is 2.27. The fourth-order valence-electron chi connectivity index (χ4n) is 1.74. The van der Waals surface area contributed by atoms with E-state index in [4.69, 9.17) is 5.73 Å². The van der Waals surface area contributed by atoms with Crippen LogP contribution < -0.4 is 5.73 Å². The first kappa shape index (κ1) is 11.9. The van der Waals surface area contributed by atoms with Gasteiger partial charge in [-0.15, -0.1) is 0 Å². The number of ketones is 1. The first-order chi connectivity index (χ1) is 8.02. The molecule has 1 aromatic carbocycles. The highest BCUT2D eigenvalue weighted by atomic mass is 79.9. The number of halogens is 1. The summed E-state index contributed by atoms with van der Waals surface area (Å²) in [5, 5.41) is 4.14. The Labute approximate surface area is 108 Å². The summed E-state index contributed by atoms with van der Waals surface area (Å²) in [5.74, 6) is 0.281. The third-order valence-electron chi connectivity index (χ3n) is 2.61.